The number of rotatable bonds is 15. The fraction of sp³-hybridized carbons (Fsp3) is 0.652. The van der Waals surface area contributed by atoms with Gasteiger partial charge >= 0.3 is 5.97 Å². The van der Waals surface area contributed by atoms with Crippen molar-refractivity contribution < 1.29 is 19.7 Å². The van der Waals surface area contributed by atoms with Crippen LogP contribution in [0.15, 0.2) is 23.2 Å². The van der Waals surface area contributed by atoms with E-state index in [0.29, 0.717) is 24.3 Å². The predicted octanol–water partition coefficient (Wildman–Crippen LogP) is 5.83. The van der Waals surface area contributed by atoms with E-state index in [1.165, 1.54) is 44.7 Å². The molecule has 0 aliphatic rings. The molecule has 0 saturated carbocycles. The Bertz CT molecular complexity index is 598. The summed E-state index contributed by atoms with van der Waals surface area (Å²) in [5, 5.41) is 19.4. The minimum absolute atomic E-state index is 0.0471. The van der Waals surface area contributed by atoms with Crippen LogP contribution in [0.3, 0.4) is 0 Å². The second kappa shape index (κ2) is 14.0. The molecule has 1 aromatic carbocycles. The number of aliphatic imine (C=N–C) groups is 1. The van der Waals surface area contributed by atoms with Crippen LogP contribution in [0.25, 0.3) is 0 Å². The number of hydrogen-bond acceptors (Lipinski definition) is 4. The van der Waals surface area contributed by atoms with Gasteiger partial charge in [0.1, 0.15) is 17.5 Å². The van der Waals surface area contributed by atoms with E-state index in [-0.39, 0.29) is 11.7 Å². The van der Waals surface area contributed by atoms with Gasteiger partial charge in [-0.15, -0.1) is 0 Å². The van der Waals surface area contributed by atoms with Gasteiger partial charge < -0.3 is 14.9 Å². The maximum absolute atomic E-state index is 11.3. The molecule has 0 unspecified atom stereocenters. The van der Waals surface area contributed by atoms with Crippen LogP contribution < -0.4 is 4.74 Å². The second-order valence-corrected chi connectivity index (χ2v) is 7.81. The molecule has 0 saturated heterocycles. The topological polar surface area (TPSA) is 79.1 Å². The number of phenolic OH excluding ortho intramolecular Hbond substituents is 1. The molecule has 5 heteroatoms. The van der Waals surface area contributed by atoms with Gasteiger partial charge in [-0.3, -0.25) is 4.99 Å². The van der Waals surface area contributed by atoms with Gasteiger partial charge in [0.2, 0.25) is 0 Å². The van der Waals surface area contributed by atoms with Gasteiger partial charge in [0.05, 0.1) is 6.61 Å². The summed E-state index contributed by atoms with van der Waals surface area (Å²) in [5.41, 5.74) is 0.495. The van der Waals surface area contributed by atoms with Gasteiger partial charge in [0.25, 0.3) is 0 Å². The summed E-state index contributed by atoms with van der Waals surface area (Å²) in [6.07, 6.45) is 11.9. The predicted molar refractivity (Wildman–Crippen MR) is 115 cm³/mol. The smallest absolute Gasteiger partial charge is 0.328 e. The van der Waals surface area contributed by atoms with E-state index in [1.54, 1.807) is 18.2 Å². The monoisotopic (exact) mass is 391 g/mol. The number of benzene rings is 1. The molecule has 2 N–H and O–H groups in total. The van der Waals surface area contributed by atoms with Gasteiger partial charge in [-0.25, -0.2) is 4.79 Å². The summed E-state index contributed by atoms with van der Waals surface area (Å²) in [7, 11) is 0. The Morgan fingerprint density at radius 1 is 1.11 bits per heavy atom. The van der Waals surface area contributed by atoms with E-state index >= 15 is 0 Å². The highest BCUT2D eigenvalue weighted by Gasteiger charge is 2.17. The molecular formula is C23H37NO4. The van der Waals surface area contributed by atoms with Crippen LogP contribution in [0.1, 0.15) is 84.1 Å². The average molecular weight is 392 g/mol. The van der Waals surface area contributed by atoms with Gasteiger partial charge in [-0.2, -0.15) is 0 Å². The molecule has 158 valence electrons. The van der Waals surface area contributed by atoms with Crippen molar-refractivity contribution in [3.63, 3.8) is 0 Å². The molecule has 0 spiro atoms. The number of phenols is 1. The summed E-state index contributed by atoms with van der Waals surface area (Å²) < 4.78 is 5.70. The first kappa shape index (κ1) is 24.0. The fourth-order valence-corrected chi connectivity index (χ4v) is 2.99. The van der Waals surface area contributed by atoms with E-state index in [1.807, 2.05) is 13.8 Å². The molecular weight excluding hydrogens is 354 g/mol. The first-order valence-corrected chi connectivity index (χ1v) is 10.7. The number of carboxylic acids is 1. The number of nitrogens with zero attached hydrogens (tertiary/aromatic N) is 1. The average Bonchev–Trinajstić information content (AvgIpc) is 2.64. The van der Waals surface area contributed by atoms with Crippen LogP contribution in [-0.2, 0) is 4.79 Å². The third-order valence-electron chi connectivity index (χ3n) is 4.64. The van der Waals surface area contributed by atoms with Crippen LogP contribution in [0.4, 0.5) is 0 Å². The molecule has 0 aromatic heterocycles. The first-order valence-electron chi connectivity index (χ1n) is 10.7. The molecule has 0 fully saturated rings. The molecule has 1 atom stereocenters. The number of unbranched alkanes of at least 4 members (excludes halogenated alkanes) is 7. The molecule has 0 aliphatic carbocycles. The number of aromatic hydroxyl groups is 1. The Kier molecular flexibility index (Phi) is 12.0. The Hall–Kier alpha value is -2.04. The highest BCUT2D eigenvalue weighted by atomic mass is 16.5. The summed E-state index contributed by atoms with van der Waals surface area (Å²) in [4.78, 5) is 15.4. The maximum Gasteiger partial charge on any atom is 0.328 e. The zero-order chi connectivity index (χ0) is 20.8. The van der Waals surface area contributed by atoms with E-state index in [9.17, 15) is 15.0 Å². The fourth-order valence-electron chi connectivity index (χ4n) is 2.99. The number of hydrogen-bond donors (Lipinski definition) is 2. The van der Waals surface area contributed by atoms with Crippen LogP contribution in [0, 0.1) is 5.92 Å². The molecule has 1 rings (SSSR count). The van der Waals surface area contributed by atoms with Gasteiger partial charge in [0, 0.05) is 17.8 Å². The van der Waals surface area contributed by atoms with Crippen LogP contribution in [0.2, 0.25) is 0 Å². The lowest BCUT2D eigenvalue weighted by Crippen LogP contribution is -2.20. The van der Waals surface area contributed by atoms with Crippen molar-refractivity contribution in [3.8, 4) is 11.5 Å². The van der Waals surface area contributed by atoms with Crippen LogP contribution >= 0.6 is 0 Å². The quantitative estimate of drug-likeness (QED) is 0.291. The van der Waals surface area contributed by atoms with Crippen molar-refractivity contribution in [2.24, 2.45) is 10.9 Å². The lowest BCUT2D eigenvalue weighted by Gasteiger charge is -2.10. The van der Waals surface area contributed by atoms with Crippen molar-refractivity contribution in [1.82, 2.24) is 0 Å². The van der Waals surface area contributed by atoms with Crippen LogP contribution in [0.5, 0.6) is 11.5 Å². The molecule has 0 aliphatic heterocycles. The lowest BCUT2D eigenvalue weighted by atomic mass is 10.0. The number of carbonyl (C=O) groups is 1. The van der Waals surface area contributed by atoms with Gasteiger partial charge in [-0.1, -0.05) is 65.7 Å². The van der Waals surface area contributed by atoms with E-state index in [2.05, 4.69) is 11.9 Å². The van der Waals surface area contributed by atoms with E-state index in [0.717, 1.165) is 12.8 Å². The molecule has 1 aromatic rings. The largest absolute Gasteiger partial charge is 0.507 e. The van der Waals surface area contributed by atoms with E-state index in [4.69, 9.17) is 4.74 Å². The Balaban J connectivity index is 2.39. The third kappa shape index (κ3) is 10.3. The highest BCUT2D eigenvalue weighted by Crippen LogP contribution is 2.23. The van der Waals surface area contributed by atoms with Gasteiger partial charge in [-0.05, 0) is 30.9 Å². The second-order valence-electron chi connectivity index (χ2n) is 7.81. The molecule has 0 amide bonds. The van der Waals surface area contributed by atoms with Crippen molar-refractivity contribution in [3.05, 3.63) is 23.8 Å². The summed E-state index contributed by atoms with van der Waals surface area (Å²) in [5.74, 6) is -0.0471. The number of aliphatic carboxylic acids is 1. The third-order valence-corrected chi connectivity index (χ3v) is 4.64. The zero-order valence-electron chi connectivity index (χ0n) is 17.7. The molecule has 0 radical (unpaired) electrons. The Labute approximate surface area is 169 Å². The number of carboxylic acid groups (broad SMARTS) is 1. The standard InChI is InChI=1S/C23H37NO4/c1-4-5-6-7-8-9-10-11-14-28-20-13-12-19(22(25)16-20)17-24-21(23(26)27)15-18(2)3/h12-13,16-18,21,25H,4-11,14-15H2,1-3H3,(H,26,27)/t21-/m0/s1. The Morgan fingerprint density at radius 2 is 1.75 bits per heavy atom. The van der Waals surface area contributed by atoms with Crippen molar-refractivity contribution in [2.75, 3.05) is 6.61 Å². The summed E-state index contributed by atoms with van der Waals surface area (Å²) in [6, 6.07) is 4.25. The van der Waals surface area contributed by atoms with Crippen LogP contribution in [-0.4, -0.2) is 35.0 Å². The molecule has 28 heavy (non-hydrogen) atoms. The Morgan fingerprint density at radius 3 is 2.32 bits per heavy atom. The molecule has 0 bridgehead atoms. The highest BCUT2D eigenvalue weighted by molar-refractivity contribution is 5.86. The molecule has 0 heterocycles. The number of ether oxygens (including phenoxy) is 1. The minimum Gasteiger partial charge on any atom is -0.507 e. The summed E-state index contributed by atoms with van der Waals surface area (Å²) >= 11 is 0. The first-order chi connectivity index (χ1) is 13.4. The van der Waals surface area contributed by atoms with Crippen molar-refractivity contribution in [2.45, 2.75) is 84.6 Å². The molecule has 5 nitrogen and oxygen atoms in total. The van der Waals surface area contributed by atoms with Gasteiger partial charge in [0.15, 0.2) is 0 Å². The summed E-state index contributed by atoms with van der Waals surface area (Å²) in [6.45, 7) is 6.79. The normalized spacial score (nSPS) is 12.6. The SMILES string of the molecule is CCCCCCCCCCOc1ccc(C=N[C@@H](CC(C)C)C(=O)O)c(O)c1. The minimum atomic E-state index is -0.949. The van der Waals surface area contributed by atoms with Crippen molar-refractivity contribution in [1.29, 1.82) is 0 Å². The zero-order valence-corrected chi connectivity index (χ0v) is 17.7. The maximum atomic E-state index is 11.3. The van der Waals surface area contributed by atoms with E-state index < -0.39 is 12.0 Å². The van der Waals surface area contributed by atoms with Crippen molar-refractivity contribution >= 4 is 12.2 Å². The lowest BCUT2D eigenvalue weighted by molar-refractivity contribution is -0.138.